The van der Waals surface area contributed by atoms with Crippen molar-refractivity contribution in [1.82, 2.24) is 0 Å². The summed E-state index contributed by atoms with van der Waals surface area (Å²) in [6.07, 6.45) is 16.3. The molecule has 4 bridgehead atoms. The lowest BCUT2D eigenvalue weighted by Gasteiger charge is -2.35. The van der Waals surface area contributed by atoms with Crippen LogP contribution in [0.4, 0.5) is 0 Å². The average molecular weight is 244 g/mol. The van der Waals surface area contributed by atoms with Crippen LogP contribution in [0.25, 0.3) is 0 Å². The Balaban J connectivity index is 1.30. The van der Waals surface area contributed by atoms with Crippen molar-refractivity contribution in [3.63, 3.8) is 0 Å². The molecule has 0 aromatic heterocycles. The Labute approximate surface area is 110 Å². The molecule has 4 saturated carbocycles. The van der Waals surface area contributed by atoms with Gasteiger partial charge in [-0.25, -0.2) is 0 Å². The van der Waals surface area contributed by atoms with Crippen molar-refractivity contribution in [2.75, 3.05) is 0 Å². The summed E-state index contributed by atoms with van der Waals surface area (Å²) in [6, 6.07) is 0. The lowest BCUT2D eigenvalue weighted by Crippen LogP contribution is -2.35. The van der Waals surface area contributed by atoms with E-state index in [4.69, 9.17) is 4.74 Å². The summed E-state index contributed by atoms with van der Waals surface area (Å²) in [7, 11) is 0. The maximum absolute atomic E-state index is 6.61. The fourth-order valence-corrected chi connectivity index (χ4v) is 6.22. The standard InChI is InChI=1S/C17H24O/c1-2-13-12-8-15(14(13)3-1)17(9-12)18-16-7-10-4-5-11(16)6-10/h1,3,10-17H,2,4-9H2. The van der Waals surface area contributed by atoms with Gasteiger partial charge in [0.05, 0.1) is 12.2 Å². The van der Waals surface area contributed by atoms with Crippen molar-refractivity contribution < 1.29 is 4.74 Å². The molecule has 98 valence electrons. The highest BCUT2D eigenvalue weighted by molar-refractivity contribution is 5.14. The average Bonchev–Trinajstić information content (AvgIpc) is 3.14. The molecular formula is C17H24O. The number of fused-ring (bicyclic) bond motifs is 7. The molecule has 0 aromatic rings. The second-order valence-corrected chi connectivity index (χ2v) is 7.69. The molecule has 0 aromatic carbocycles. The minimum Gasteiger partial charge on any atom is -0.374 e. The van der Waals surface area contributed by atoms with Gasteiger partial charge in [0.25, 0.3) is 0 Å². The molecule has 0 heterocycles. The molecule has 18 heavy (non-hydrogen) atoms. The molecule has 5 aliphatic rings. The Hall–Kier alpha value is -0.300. The normalized spacial score (nSPS) is 59.8. The van der Waals surface area contributed by atoms with Crippen molar-refractivity contribution in [2.24, 2.45) is 35.5 Å². The molecule has 8 atom stereocenters. The predicted octanol–water partition coefficient (Wildman–Crippen LogP) is 3.79. The molecule has 0 saturated heterocycles. The smallest absolute Gasteiger partial charge is 0.0615 e. The highest BCUT2D eigenvalue weighted by Crippen LogP contribution is 2.58. The first kappa shape index (κ1) is 10.5. The van der Waals surface area contributed by atoms with Crippen LogP contribution in [-0.2, 0) is 4.74 Å². The Bertz CT molecular complexity index is 387. The number of ether oxygens (including phenoxy) is 1. The summed E-state index contributed by atoms with van der Waals surface area (Å²) in [5.74, 6) is 5.75. The highest BCUT2D eigenvalue weighted by Gasteiger charge is 2.54. The van der Waals surface area contributed by atoms with Gasteiger partial charge in [-0.3, -0.25) is 0 Å². The van der Waals surface area contributed by atoms with E-state index in [1.54, 1.807) is 0 Å². The van der Waals surface area contributed by atoms with Gasteiger partial charge in [0, 0.05) is 0 Å². The van der Waals surface area contributed by atoms with Crippen molar-refractivity contribution in [2.45, 2.75) is 57.2 Å². The Morgan fingerprint density at radius 3 is 2.67 bits per heavy atom. The number of rotatable bonds is 2. The van der Waals surface area contributed by atoms with E-state index in [9.17, 15) is 0 Å². The molecule has 4 fully saturated rings. The number of hydrogen-bond acceptors (Lipinski definition) is 1. The third kappa shape index (κ3) is 1.32. The fourth-order valence-electron chi connectivity index (χ4n) is 6.22. The van der Waals surface area contributed by atoms with Gasteiger partial charge >= 0.3 is 0 Å². The van der Waals surface area contributed by atoms with Gasteiger partial charge in [0.1, 0.15) is 0 Å². The van der Waals surface area contributed by atoms with Crippen molar-refractivity contribution in [3.05, 3.63) is 12.2 Å². The van der Waals surface area contributed by atoms with E-state index >= 15 is 0 Å². The van der Waals surface area contributed by atoms with E-state index in [0.717, 1.165) is 35.5 Å². The first-order valence-corrected chi connectivity index (χ1v) is 8.20. The maximum atomic E-state index is 6.61. The van der Waals surface area contributed by atoms with Crippen LogP contribution in [0.1, 0.15) is 44.9 Å². The van der Waals surface area contributed by atoms with E-state index in [1.165, 1.54) is 44.9 Å². The van der Waals surface area contributed by atoms with Crippen LogP contribution < -0.4 is 0 Å². The summed E-state index contributed by atoms with van der Waals surface area (Å²) in [4.78, 5) is 0. The lowest BCUT2D eigenvalue weighted by atomic mass is 9.80. The molecule has 0 aliphatic heterocycles. The van der Waals surface area contributed by atoms with Gasteiger partial charge in [-0.1, -0.05) is 12.2 Å². The zero-order valence-electron chi connectivity index (χ0n) is 11.1. The molecular weight excluding hydrogens is 220 g/mol. The quantitative estimate of drug-likeness (QED) is 0.671. The number of allylic oxidation sites excluding steroid dienone is 2. The van der Waals surface area contributed by atoms with Gasteiger partial charge in [-0.2, -0.15) is 0 Å². The second-order valence-electron chi connectivity index (χ2n) is 7.69. The summed E-state index contributed by atoms with van der Waals surface area (Å²) in [6.45, 7) is 0. The van der Waals surface area contributed by atoms with E-state index in [-0.39, 0.29) is 0 Å². The first-order valence-electron chi connectivity index (χ1n) is 8.20. The summed E-state index contributed by atoms with van der Waals surface area (Å²) in [5.41, 5.74) is 0. The minimum atomic E-state index is 0.628. The van der Waals surface area contributed by atoms with Crippen LogP contribution in [-0.4, -0.2) is 12.2 Å². The predicted molar refractivity (Wildman–Crippen MR) is 71.1 cm³/mol. The van der Waals surface area contributed by atoms with Gasteiger partial charge < -0.3 is 4.74 Å². The largest absolute Gasteiger partial charge is 0.374 e. The maximum Gasteiger partial charge on any atom is 0.0615 e. The molecule has 0 amide bonds. The van der Waals surface area contributed by atoms with Crippen LogP contribution in [0.3, 0.4) is 0 Å². The van der Waals surface area contributed by atoms with Crippen LogP contribution in [0, 0.1) is 35.5 Å². The highest BCUT2D eigenvalue weighted by atomic mass is 16.5. The van der Waals surface area contributed by atoms with Gasteiger partial charge in [0.2, 0.25) is 0 Å². The van der Waals surface area contributed by atoms with E-state index in [1.807, 2.05) is 0 Å². The van der Waals surface area contributed by atoms with Crippen molar-refractivity contribution in [1.29, 1.82) is 0 Å². The second kappa shape index (κ2) is 3.62. The Morgan fingerprint density at radius 1 is 0.833 bits per heavy atom. The van der Waals surface area contributed by atoms with E-state index in [2.05, 4.69) is 12.2 Å². The van der Waals surface area contributed by atoms with E-state index < -0.39 is 0 Å². The van der Waals surface area contributed by atoms with Crippen molar-refractivity contribution >= 4 is 0 Å². The summed E-state index contributed by atoms with van der Waals surface area (Å²) < 4.78 is 6.61. The third-order valence-corrected chi connectivity index (χ3v) is 6.97. The third-order valence-electron chi connectivity index (χ3n) is 6.97. The van der Waals surface area contributed by atoms with Gasteiger partial charge in [-0.05, 0) is 80.5 Å². The van der Waals surface area contributed by atoms with Gasteiger partial charge in [-0.15, -0.1) is 0 Å². The molecule has 8 unspecified atom stereocenters. The minimum absolute atomic E-state index is 0.628. The fraction of sp³-hybridized carbons (Fsp3) is 0.882. The molecule has 5 rings (SSSR count). The zero-order valence-corrected chi connectivity index (χ0v) is 11.1. The topological polar surface area (TPSA) is 9.23 Å². The lowest BCUT2D eigenvalue weighted by molar-refractivity contribution is -0.0740. The molecule has 0 spiro atoms. The summed E-state index contributed by atoms with van der Waals surface area (Å²) in [5, 5.41) is 0. The molecule has 1 heteroatoms. The van der Waals surface area contributed by atoms with Gasteiger partial charge in [0.15, 0.2) is 0 Å². The first-order chi connectivity index (χ1) is 8.88. The number of hydrogen-bond donors (Lipinski definition) is 0. The van der Waals surface area contributed by atoms with Crippen molar-refractivity contribution in [3.8, 4) is 0 Å². The van der Waals surface area contributed by atoms with E-state index in [0.29, 0.717) is 12.2 Å². The Kier molecular flexibility index (Phi) is 2.11. The van der Waals surface area contributed by atoms with Crippen LogP contribution in [0.2, 0.25) is 0 Å². The molecule has 0 N–H and O–H groups in total. The molecule has 0 radical (unpaired) electrons. The SMILES string of the molecule is C1=CC2C(C1)C1CC(OC3CC4CCC3C4)C2C1. The monoisotopic (exact) mass is 244 g/mol. The van der Waals surface area contributed by atoms with Crippen LogP contribution >= 0.6 is 0 Å². The van der Waals surface area contributed by atoms with Crippen LogP contribution in [0.5, 0.6) is 0 Å². The molecule has 5 aliphatic carbocycles. The molecule has 1 nitrogen and oxygen atoms in total. The summed E-state index contributed by atoms with van der Waals surface area (Å²) >= 11 is 0. The van der Waals surface area contributed by atoms with Crippen LogP contribution in [0.15, 0.2) is 12.2 Å². The Morgan fingerprint density at radius 2 is 1.83 bits per heavy atom. The zero-order chi connectivity index (χ0) is 11.7.